The zero-order valence-corrected chi connectivity index (χ0v) is 12.2. The lowest BCUT2D eigenvalue weighted by Gasteiger charge is -2.17. The first-order valence-electron chi connectivity index (χ1n) is 6.46. The van der Waals surface area contributed by atoms with Crippen molar-refractivity contribution in [2.24, 2.45) is 5.73 Å². The van der Waals surface area contributed by atoms with E-state index in [9.17, 15) is 13.2 Å². The maximum atomic E-state index is 12.7. The van der Waals surface area contributed by atoms with E-state index in [0.29, 0.717) is 22.6 Å². The molecule has 5 heteroatoms. The van der Waals surface area contributed by atoms with Gasteiger partial charge in [0.1, 0.15) is 0 Å². The van der Waals surface area contributed by atoms with Crippen LogP contribution in [0.2, 0.25) is 5.02 Å². The summed E-state index contributed by atoms with van der Waals surface area (Å²) < 4.78 is 38.0. The average molecular weight is 314 g/mol. The molecule has 1 nitrogen and oxygen atoms in total. The van der Waals surface area contributed by atoms with Crippen LogP contribution in [0, 0.1) is 6.92 Å². The predicted molar refractivity (Wildman–Crippen MR) is 78.3 cm³/mol. The third-order valence-electron chi connectivity index (χ3n) is 3.39. The van der Waals surface area contributed by atoms with Gasteiger partial charge >= 0.3 is 6.18 Å². The van der Waals surface area contributed by atoms with Gasteiger partial charge < -0.3 is 5.73 Å². The van der Waals surface area contributed by atoms with E-state index >= 15 is 0 Å². The molecule has 2 aromatic carbocycles. The highest BCUT2D eigenvalue weighted by atomic mass is 35.5. The standard InChI is InChI=1S/C16H15ClF3N/c1-10-8-12(16(18,19)20)6-7-13(10)15(21)9-11-4-2-3-5-14(11)17/h2-8,15H,9,21H2,1H3. The molecule has 1 unspecified atom stereocenters. The first-order chi connectivity index (χ1) is 9.79. The molecule has 2 rings (SSSR count). The van der Waals surface area contributed by atoms with Gasteiger partial charge in [0.15, 0.2) is 0 Å². The molecule has 0 bridgehead atoms. The summed E-state index contributed by atoms with van der Waals surface area (Å²) in [4.78, 5) is 0. The topological polar surface area (TPSA) is 26.0 Å². The second kappa shape index (κ2) is 6.08. The summed E-state index contributed by atoms with van der Waals surface area (Å²) in [6.07, 6.45) is -3.86. The Morgan fingerprint density at radius 2 is 1.81 bits per heavy atom. The van der Waals surface area contributed by atoms with Crippen LogP contribution in [0.15, 0.2) is 42.5 Å². The fraction of sp³-hybridized carbons (Fsp3) is 0.250. The lowest BCUT2D eigenvalue weighted by molar-refractivity contribution is -0.137. The van der Waals surface area contributed by atoms with Crippen molar-refractivity contribution in [3.8, 4) is 0 Å². The molecule has 0 radical (unpaired) electrons. The normalized spacial score (nSPS) is 13.2. The summed E-state index contributed by atoms with van der Waals surface area (Å²) in [7, 11) is 0. The van der Waals surface area contributed by atoms with Crippen LogP contribution in [0.3, 0.4) is 0 Å². The number of rotatable bonds is 3. The van der Waals surface area contributed by atoms with Crippen LogP contribution in [0.25, 0.3) is 0 Å². The molecule has 0 aliphatic rings. The van der Waals surface area contributed by atoms with Crippen LogP contribution in [-0.4, -0.2) is 0 Å². The molecule has 0 aliphatic carbocycles. The van der Waals surface area contributed by atoms with Gasteiger partial charge in [-0.15, -0.1) is 0 Å². The lowest BCUT2D eigenvalue weighted by Crippen LogP contribution is -2.16. The SMILES string of the molecule is Cc1cc(C(F)(F)F)ccc1C(N)Cc1ccccc1Cl. The molecule has 0 saturated carbocycles. The molecule has 0 spiro atoms. The van der Waals surface area contributed by atoms with Crippen LogP contribution < -0.4 is 5.73 Å². The van der Waals surface area contributed by atoms with Gasteiger partial charge in [0.05, 0.1) is 5.56 Å². The summed E-state index contributed by atoms with van der Waals surface area (Å²) in [5.41, 5.74) is 7.57. The molecule has 0 aliphatic heterocycles. The van der Waals surface area contributed by atoms with Crippen LogP contribution >= 0.6 is 11.6 Å². The first kappa shape index (κ1) is 15.9. The van der Waals surface area contributed by atoms with E-state index in [2.05, 4.69) is 0 Å². The van der Waals surface area contributed by atoms with Gasteiger partial charge in [0.25, 0.3) is 0 Å². The summed E-state index contributed by atoms with van der Waals surface area (Å²) in [6, 6.07) is 10.5. The number of alkyl halides is 3. The van der Waals surface area contributed by atoms with Crippen LogP contribution in [0.4, 0.5) is 13.2 Å². The summed E-state index contributed by atoms with van der Waals surface area (Å²) in [5.74, 6) is 0. The molecule has 0 amide bonds. The van der Waals surface area contributed by atoms with Crippen molar-refractivity contribution in [2.75, 3.05) is 0 Å². The fourth-order valence-corrected chi connectivity index (χ4v) is 2.49. The largest absolute Gasteiger partial charge is 0.416 e. The van der Waals surface area contributed by atoms with Gasteiger partial charge in [0, 0.05) is 11.1 Å². The van der Waals surface area contributed by atoms with E-state index in [-0.39, 0.29) is 0 Å². The Labute approximate surface area is 126 Å². The van der Waals surface area contributed by atoms with Crippen LogP contribution in [0.5, 0.6) is 0 Å². The van der Waals surface area contributed by atoms with Gasteiger partial charge in [-0.05, 0) is 48.2 Å². The van der Waals surface area contributed by atoms with Crippen LogP contribution in [-0.2, 0) is 12.6 Å². The Morgan fingerprint density at radius 1 is 1.14 bits per heavy atom. The molecule has 0 aromatic heterocycles. The molecule has 0 heterocycles. The minimum Gasteiger partial charge on any atom is -0.324 e. The zero-order valence-electron chi connectivity index (χ0n) is 11.4. The number of hydrogen-bond donors (Lipinski definition) is 1. The Kier molecular flexibility index (Phi) is 4.59. The minimum absolute atomic E-state index is 0.396. The van der Waals surface area contributed by atoms with E-state index in [1.165, 1.54) is 6.07 Å². The van der Waals surface area contributed by atoms with Crippen molar-refractivity contribution >= 4 is 11.6 Å². The summed E-state index contributed by atoms with van der Waals surface area (Å²) >= 11 is 6.08. The molecule has 0 fully saturated rings. The van der Waals surface area contributed by atoms with Gasteiger partial charge in [0.2, 0.25) is 0 Å². The number of aryl methyl sites for hydroxylation is 1. The Hall–Kier alpha value is -1.52. The highest BCUT2D eigenvalue weighted by Gasteiger charge is 2.30. The second-order valence-corrected chi connectivity index (χ2v) is 5.38. The summed E-state index contributed by atoms with van der Waals surface area (Å²) in [6.45, 7) is 1.64. The molecule has 112 valence electrons. The number of hydrogen-bond acceptors (Lipinski definition) is 1. The third kappa shape index (κ3) is 3.77. The van der Waals surface area contributed by atoms with Crippen molar-refractivity contribution in [3.05, 3.63) is 69.7 Å². The molecule has 1 atom stereocenters. The van der Waals surface area contributed by atoms with Gasteiger partial charge in [-0.3, -0.25) is 0 Å². The van der Waals surface area contributed by atoms with E-state index in [1.54, 1.807) is 13.0 Å². The quantitative estimate of drug-likeness (QED) is 0.856. The van der Waals surface area contributed by atoms with Crippen LogP contribution in [0.1, 0.15) is 28.3 Å². The van der Waals surface area contributed by atoms with Gasteiger partial charge in [-0.1, -0.05) is 35.9 Å². The number of halogens is 4. The van der Waals surface area contributed by atoms with Crippen molar-refractivity contribution in [3.63, 3.8) is 0 Å². The summed E-state index contributed by atoms with van der Waals surface area (Å²) in [5, 5.41) is 0.609. The van der Waals surface area contributed by atoms with Gasteiger partial charge in [-0.2, -0.15) is 13.2 Å². The van der Waals surface area contributed by atoms with Crippen molar-refractivity contribution in [1.29, 1.82) is 0 Å². The molecule has 2 aromatic rings. The number of benzene rings is 2. The monoisotopic (exact) mass is 313 g/mol. The van der Waals surface area contributed by atoms with Gasteiger partial charge in [-0.25, -0.2) is 0 Å². The molecule has 2 N–H and O–H groups in total. The van der Waals surface area contributed by atoms with E-state index in [0.717, 1.165) is 17.7 Å². The Morgan fingerprint density at radius 3 is 2.38 bits per heavy atom. The van der Waals surface area contributed by atoms with Crippen molar-refractivity contribution in [2.45, 2.75) is 25.6 Å². The first-order valence-corrected chi connectivity index (χ1v) is 6.83. The maximum Gasteiger partial charge on any atom is 0.416 e. The molecule has 0 saturated heterocycles. The van der Waals surface area contributed by atoms with E-state index in [1.807, 2.05) is 18.2 Å². The molecular formula is C16H15ClF3N. The average Bonchev–Trinajstić information content (AvgIpc) is 2.40. The minimum atomic E-state index is -4.34. The van der Waals surface area contributed by atoms with E-state index in [4.69, 9.17) is 17.3 Å². The molecule has 21 heavy (non-hydrogen) atoms. The lowest BCUT2D eigenvalue weighted by atomic mass is 9.94. The van der Waals surface area contributed by atoms with Crippen molar-refractivity contribution in [1.82, 2.24) is 0 Å². The predicted octanol–water partition coefficient (Wildman–Crippen LogP) is 4.91. The number of nitrogens with two attached hydrogens (primary N) is 1. The molecular weight excluding hydrogens is 299 g/mol. The highest BCUT2D eigenvalue weighted by Crippen LogP contribution is 2.32. The fourth-order valence-electron chi connectivity index (χ4n) is 2.28. The smallest absolute Gasteiger partial charge is 0.324 e. The zero-order chi connectivity index (χ0) is 15.6. The van der Waals surface area contributed by atoms with Crippen molar-refractivity contribution < 1.29 is 13.2 Å². The second-order valence-electron chi connectivity index (χ2n) is 4.97. The maximum absolute atomic E-state index is 12.7. The highest BCUT2D eigenvalue weighted by molar-refractivity contribution is 6.31. The Balaban J connectivity index is 2.24. The van der Waals surface area contributed by atoms with E-state index < -0.39 is 17.8 Å². The Bertz CT molecular complexity index is 638. The third-order valence-corrected chi connectivity index (χ3v) is 3.76.